The van der Waals surface area contributed by atoms with E-state index < -0.39 is 5.97 Å². The van der Waals surface area contributed by atoms with Crippen molar-refractivity contribution in [2.45, 2.75) is 12.8 Å². The highest BCUT2D eigenvalue weighted by Crippen LogP contribution is 2.15. The Morgan fingerprint density at radius 1 is 1.04 bits per heavy atom. The molecule has 2 aromatic carbocycles. The van der Waals surface area contributed by atoms with Gasteiger partial charge in [-0.2, -0.15) is 0 Å². The molecule has 2 aromatic rings. The van der Waals surface area contributed by atoms with Crippen molar-refractivity contribution >= 4 is 34.9 Å². The molecule has 0 aliphatic carbocycles. The maximum absolute atomic E-state index is 12.0. The van der Waals surface area contributed by atoms with E-state index in [1.54, 1.807) is 48.5 Å². The molecule has 136 valence electrons. The minimum absolute atomic E-state index is 0.0568. The van der Waals surface area contributed by atoms with Crippen LogP contribution in [0.3, 0.4) is 0 Å². The number of anilines is 1. The third kappa shape index (κ3) is 6.22. The van der Waals surface area contributed by atoms with Crippen molar-refractivity contribution in [2.24, 2.45) is 0 Å². The van der Waals surface area contributed by atoms with Crippen LogP contribution >= 0.6 is 11.6 Å². The Bertz CT molecular complexity index is 806. The molecule has 0 aliphatic rings. The minimum atomic E-state index is -0.623. The first-order valence-electron chi connectivity index (χ1n) is 7.86. The summed E-state index contributed by atoms with van der Waals surface area (Å²) in [5, 5.41) is 3.13. The molecule has 0 spiro atoms. The maximum atomic E-state index is 12.0. The number of hydrogen-bond acceptors (Lipinski definition) is 5. The lowest BCUT2D eigenvalue weighted by atomic mass is 10.1. The summed E-state index contributed by atoms with van der Waals surface area (Å²) >= 11 is 5.83. The number of carbonyl (C=O) groups is 3. The van der Waals surface area contributed by atoms with E-state index in [1.807, 2.05) is 0 Å². The number of Topliss-reactive ketones (excluding diaryl/α,β-unsaturated/α-hetero) is 1. The highest BCUT2D eigenvalue weighted by atomic mass is 35.5. The van der Waals surface area contributed by atoms with Crippen LogP contribution in [0.4, 0.5) is 5.69 Å². The van der Waals surface area contributed by atoms with Crippen molar-refractivity contribution in [1.82, 2.24) is 0 Å². The number of ether oxygens (including phenoxy) is 2. The average molecular weight is 376 g/mol. The summed E-state index contributed by atoms with van der Waals surface area (Å²) in [5.41, 5.74) is 0.930. The van der Waals surface area contributed by atoms with E-state index in [9.17, 15) is 14.4 Å². The van der Waals surface area contributed by atoms with Crippen LogP contribution in [-0.4, -0.2) is 31.4 Å². The molecule has 6 nitrogen and oxygen atoms in total. The summed E-state index contributed by atoms with van der Waals surface area (Å²) in [6.07, 6.45) is -0.184. The van der Waals surface area contributed by atoms with Gasteiger partial charge in [-0.25, -0.2) is 0 Å². The molecule has 0 radical (unpaired) electrons. The molecule has 0 saturated heterocycles. The van der Waals surface area contributed by atoms with Gasteiger partial charge in [0, 0.05) is 22.7 Å². The van der Waals surface area contributed by atoms with Crippen LogP contribution in [0.25, 0.3) is 0 Å². The number of rotatable bonds is 8. The number of esters is 1. The number of carbonyl (C=O) groups excluding carboxylic acids is 3. The van der Waals surface area contributed by atoms with Gasteiger partial charge < -0.3 is 14.8 Å². The van der Waals surface area contributed by atoms with Crippen molar-refractivity contribution in [2.75, 3.05) is 19.0 Å². The van der Waals surface area contributed by atoms with Gasteiger partial charge in [-0.1, -0.05) is 29.8 Å². The second-order valence-corrected chi connectivity index (χ2v) is 5.81. The average Bonchev–Trinajstić information content (AvgIpc) is 2.64. The summed E-state index contributed by atoms with van der Waals surface area (Å²) < 4.78 is 9.96. The van der Waals surface area contributed by atoms with Crippen LogP contribution in [0, 0.1) is 0 Å². The Labute approximate surface area is 156 Å². The molecular formula is C19H18ClNO5. The lowest BCUT2D eigenvalue weighted by molar-refractivity contribution is -0.143. The Hall–Kier alpha value is -2.86. The van der Waals surface area contributed by atoms with Gasteiger partial charge >= 0.3 is 5.97 Å². The van der Waals surface area contributed by atoms with Gasteiger partial charge in [-0.15, -0.1) is 0 Å². The molecule has 7 heteroatoms. The number of hydrogen-bond donors (Lipinski definition) is 1. The van der Waals surface area contributed by atoms with Crippen LogP contribution in [0.5, 0.6) is 5.75 Å². The zero-order chi connectivity index (χ0) is 18.9. The summed E-state index contributed by atoms with van der Waals surface area (Å²) in [7, 11) is 1.50. The Morgan fingerprint density at radius 3 is 2.54 bits per heavy atom. The number of halogens is 1. The van der Waals surface area contributed by atoms with E-state index in [4.69, 9.17) is 21.1 Å². The minimum Gasteiger partial charge on any atom is -0.497 e. The number of amides is 1. The summed E-state index contributed by atoms with van der Waals surface area (Å²) in [5.74, 6) is -0.772. The van der Waals surface area contributed by atoms with Gasteiger partial charge in [-0.3, -0.25) is 14.4 Å². The lowest BCUT2D eigenvalue weighted by Gasteiger charge is -2.07. The van der Waals surface area contributed by atoms with Gasteiger partial charge in [0.05, 0.1) is 13.5 Å². The zero-order valence-corrected chi connectivity index (χ0v) is 14.9. The van der Waals surface area contributed by atoms with Gasteiger partial charge in [0.15, 0.2) is 12.4 Å². The van der Waals surface area contributed by atoms with Crippen LogP contribution in [0.15, 0.2) is 48.5 Å². The summed E-state index contributed by atoms with van der Waals surface area (Å²) in [4.78, 5) is 35.5. The predicted octanol–water partition coefficient (Wildman–Crippen LogP) is 3.49. The second kappa shape index (κ2) is 9.58. The fourth-order valence-corrected chi connectivity index (χ4v) is 2.29. The van der Waals surface area contributed by atoms with Gasteiger partial charge in [0.2, 0.25) is 5.91 Å². The van der Waals surface area contributed by atoms with E-state index in [1.165, 1.54) is 7.11 Å². The number of ketones is 1. The van der Waals surface area contributed by atoms with E-state index in [2.05, 4.69) is 5.32 Å². The quantitative estimate of drug-likeness (QED) is 0.564. The number of nitrogens with one attached hydrogen (secondary N) is 1. The molecule has 0 heterocycles. The maximum Gasteiger partial charge on any atom is 0.306 e. The lowest BCUT2D eigenvalue weighted by Crippen LogP contribution is -2.17. The fraction of sp³-hybridized carbons (Fsp3) is 0.211. The van der Waals surface area contributed by atoms with Crippen molar-refractivity contribution in [1.29, 1.82) is 0 Å². The highest BCUT2D eigenvalue weighted by molar-refractivity contribution is 6.30. The van der Waals surface area contributed by atoms with Crippen LogP contribution < -0.4 is 10.1 Å². The van der Waals surface area contributed by atoms with E-state index in [0.29, 0.717) is 22.0 Å². The normalized spacial score (nSPS) is 10.1. The van der Waals surface area contributed by atoms with Gasteiger partial charge in [0.1, 0.15) is 5.75 Å². The SMILES string of the molecule is COc1cccc(C(=O)COC(=O)CCC(=O)Nc2cccc(Cl)c2)c1. The molecule has 0 aromatic heterocycles. The van der Waals surface area contributed by atoms with Crippen LogP contribution in [0.2, 0.25) is 5.02 Å². The van der Waals surface area contributed by atoms with Gasteiger partial charge in [-0.05, 0) is 30.3 Å². The van der Waals surface area contributed by atoms with E-state index in [-0.39, 0.29) is 31.1 Å². The van der Waals surface area contributed by atoms with Crippen molar-refractivity contribution in [3.63, 3.8) is 0 Å². The molecule has 0 bridgehead atoms. The number of methoxy groups -OCH3 is 1. The first-order chi connectivity index (χ1) is 12.5. The molecule has 1 amide bonds. The van der Waals surface area contributed by atoms with E-state index in [0.717, 1.165) is 0 Å². The largest absolute Gasteiger partial charge is 0.497 e. The van der Waals surface area contributed by atoms with Crippen molar-refractivity contribution in [3.8, 4) is 5.75 Å². The third-order valence-electron chi connectivity index (χ3n) is 3.42. The van der Waals surface area contributed by atoms with Gasteiger partial charge in [0.25, 0.3) is 0 Å². The van der Waals surface area contributed by atoms with Crippen molar-refractivity contribution < 1.29 is 23.9 Å². The Balaban J connectivity index is 1.74. The monoisotopic (exact) mass is 375 g/mol. The van der Waals surface area contributed by atoms with E-state index >= 15 is 0 Å². The molecular weight excluding hydrogens is 358 g/mol. The topological polar surface area (TPSA) is 81.7 Å². The Morgan fingerprint density at radius 2 is 1.81 bits per heavy atom. The molecule has 1 N–H and O–H groups in total. The second-order valence-electron chi connectivity index (χ2n) is 5.37. The molecule has 0 atom stereocenters. The molecule has 2 rings (SSSR count). The first kappa shape index (κ1) is 19.5. The number of benzene rings is 2. The molecule has 0 fully saturated rings. The molecule has 0 unspecified atom stereocenters. The Kier molecular flexibility index (Phi) is 7.17. The third-order valence-corrected chi connectivity index (χ3v) is 3.66. The predicted molar refractivity (Wildman–Crippen MR) is 97.6 cm³/mol. The molecule has 0 aliphatic heterocycles. The zero-order valence-electron chi connectivity index (χ0n) is 14.2. The standard InChI is InChI=1S/C19H18ClNO5/c1-25-16-7-2-4-13(10-16)17(22)12-26-19(24)9-8-18(23)21-15-6-3-5-14(20)11-15/h2-7,10-11H,8-9,12H2,1H3,(H,21,23). The van der Waals surface area contributed by atoms with Crippen LogP contribution in [0.1, 0.15) is 23.2 Å². The molecule has 26 heavy (non-hydrogen) atoms. The first-order valence-corrected chi connectivity index (χ1v) is 8.24. The van der Waals surface area contributed by atoms with Crippen LogP contribution in [-0.2, 0) is 14.3 Å². The molecule has 0 saturated carbocycles. The summed E-state index contributed by atoms with van der Waals surface area (Å²) in [6.45, 7) is -0.387. The summed E-state index contributed by atoms with van der Waals surface area (Å²) in [6, 6.07) is 13.2. The fourth-order valence-electron chi connectivity index (χ4n) is 2.10. The van der Waals surface area contributed by atoms with Crippen molar-refractivity contribution in [3.05, 3.63) is 59.1 Å². The highest BCUT2D eigenvalue weighted by Gasteiger charge is 2.12. The smallest absolute Gasteiger partial charge is 0.306 e.